The van der Waals surface area contributed by atoms with Crippen LogP contribution in [0.5, 0.6) is 0 Å². The summed E-state index contributed by atoms with van der Waals surface area (Å²) in [6.45, 7) is 0. The topological polar surface area (TPSA) is 44.1 Å². The van der Waals surface area contributed by atoms with Crippen LogP contribution in [0, 0.1) is 0 Å². The predicted octanol–water partition coefficient (Wildman–Crippen LogP) is 1.49. The number of carbonyl (C=O) groups excluding carboxylic acids is 1. The van der Waals surface area contributed by atoms with Crippen LogP contribution in [0.15, 0.2) is 6.20 Å². The molecule has 0 aliphatic carbocycles. The molecule has 1 aromatic rings. The van der Waals surface area contributed by atoms with Crippen LogP contribution in [0.1, 0.15) is 24.8 Å². The largest absolute Gasteiger partial charge is 0.360 e. The molecule has 0 aromatic carbocycles. The third-order valence-corrected chi connectivity index (χ3v) is 2.81. The first-order chi connectivity index (χ1) is 6.72. The number of rotatable bonds is 2. The minimum Gasteiger partial charge on any atom is -0.360 e. The van der Waals surface area contributed by atoms with Crippen molar-refractivity contribution in [1.82, 2.24) is 9.55 Å². The molecule has 2 rings (SSSR count). The first-order valence-electron chi connectivity index (χ1n) is 4.50. The quantitative estimate of drug-likeness (QED) is 0.701. The van der Waals surface area contributed by atoms with Crippen molar-refractivity contribution in [3.8, 4) is 0 Å². The lowest BCUT2D eigenvalue weighted by Gasteiger charge is -2.10. The maximum atomic E-state index is 10.5. The zero-order valence-corrected chi connectivity index (χ0v) is 8.57. The van der Waals surface area contributed by atoms with Crippen molar-refractivity contribution in [3.63, 3.8) is 0 Å². The molecule has 14 heavy (non-hydrogen) atoms. The molecule has 1 aliphatic rings. The minimum atomic E-state index is -0.282. The second-order valence-electron chi connectivity index (χ2n) is 3.37. The molecular formula is C9H11ClN2O2. The third-order valence-electron chi connectivity index (χ3n) is 2.46. The van der Waals surface area contributed by atoms with E-state index in [9.17, 15) is 4.79 Å². The Hall–Kier alpha value is -0.870. The van der Waals surface area contributed by atoms with Gasteiger partial charge in [0.15, 0.2) is 0 Å². The van der Waals surface area contributed by atoms with Crippen LogP contribution in [-0.2, 0) is 16.6 Å². The maximum Gasteiger partial charge on any atom is 0.148 e. The molecule has 1 saturated heterocycles. The molecule has 4 nitrogen and oxygen atoms in total. The fourth-order valence-corrected chi connectivity index (χ4v) is 1.79. The molecular weight excluding hydrogens is 204 g/mol. The SMILES string of the molecule is Cn1c(Cl)cnc1C1CCC(C=O)O1. The Labute approximate surface area is 86.8 Å². The predicted molar refractivity (Wildman–Crippen MR) is 51.1 cm³/mol. The van der Waals surface area contributed by atoms with E-state index in [2.05, 4.69) is 4.98 Å². The minimum absolute atomic E-state index is 0.0947. The van der Waals surface area contributed by atoms with Crippen molar-refractivity contribution in [2.75, 3.05) is 0 Å². The van der Waals surface area contributed by atoms with E-state index in [0.717, 1.165) is 25.0 Å². The summed E-state index contributed by atoms with van der Waals surface area (Å²) in [5.74, 6) is 0.791. The van der Waals surface area contributed by atoms with Gasteiger partial charge >= 0.3 is 0 Å². The third kappa shape index (κ3) is 1.55. The molecule has 1 fully saturated rings. The van der Waals surface area contributed by atoms with Gasteiger partial charge in [-0.2, -0.15) is 0 Å². The molecule has 2 unspecified atom stereocenters. The Kier molecular flexibility index (Phi) is 2.56. The summed E-state index contributed by atoms with van der Waals surface area (Å²) >= 11 is 5.85. The van der Waals surface area contributed by atoms with Gasteiger partial charge in [-0.05, 0) is 12.8 Å². The molecule has 2 atom stereocenters. The van der Waals surface area contributed by atoms with Gasteiger partial charge in [0.1, 0.15) is 29.5 Å². The second-order valence-corrected chi connectivity index (χ2v) is 3.76. The fraction of sp³-hybridized carbons (Fsp3) is 0.556. The highest BCUT2D eigenvalue weighted by Gasteiger charge is 2.29. The summed E-state index contributed by atoms with van der Waals surface area (Å²) in [6.07, 6.45) is 3.64. The van der Waals surface area contributed by atoms with Gasteiger partial charge in [0.2, 0.25) is 0 Å². The van der Waals surface area contributed by atoms with Crippen molar-refractivity contribution in [2.24, 2.45) is 7.05 Å². The van der Waals surface area contributed by atoms with Gasteiger partial charge in [-0.1, -0.05) is 11.6 Å². The van der Waals surface area contributed by atoms with Gasteiger partial charge in [0.05, 0.1) is 6.20 Å². The number of hydrogen-bond acceptors (Lipinski definition) is 3. The van der Waals surface area contributed by atoms with Gasteiger partial charge < -0.3 is 14.1 Å². The summed E-state index contributed by atoms with van der Waals surface area (Å²) in [5.41, 5.74) is 0. The normalized spacial score (nSPS) is 26.7. The molecule has 0 spiro atoms. The fourth-order valence-electron chi connectivity index (χ4n) is 1.65. The molecule has 1 aromatic heterocycles. The summed E-state index contributed by atoms with van der Waals surface area (Å²) in [4.78, 5) is 14.7. The van der Waals surface area contributed by atoms with Crippen molar-refractivity contribution < 1.29 is 9.53 Å². The van der Waals surface area contributed by atoms with E-state index in [1.54, 1.807) is 10.8 Å². The van der Waals surface area contributed by atoms with Crippen molar-refractivity contribution in [1.29, 1.82) is 0 Å². The lowest BCUT2D eigenvalue weighted by atomic mass is 10.2. The van der Waals surface area contributed by atoms with Crippen molar-refractivity contribution >= 4 is 17.9 Å². The molecule has 0 N–H and O–H groups in total. The summed E-state index contributed by atoms with van der Waals surface area (Å²) in [7, 11) is 1.84. The van der Waals surface area contributed by atoms with Gasteiger partial charge in [0.25, 0.3) is 0 Å². The molecule has 0 bridgehead atoms. The highest BCUT2D eigenvalue weighted by molar-refractivity contribution is 6.29. The lowest BCUT2D eigenvalue weighted by Crippen LogP contribution is -2.10. The number of carbonyl (C=O) groups is 1. The maximum absolute atomic E-state index is 10.5. The van der Waals surface area contributed by atoms with Crippen molar-refractivity contribution in [2.45, 2.75) is 25.0 Å². The van der Waals surface area contributed by atoms with E-state index in [1.165, 1.54) is 0 Å². The molecule has 5 heteroatoms. The van der Waals surface area contributed by atoms with E-state index in [-0.39, 0.29) is 12.2 Å². The van der Waals surface area contributed by atoms with Crippen molar-refractivity contribution in [3.05, 3.63) is 17.2 Å². The Balaban J connectivity index is 2.17. The zero-order chi connectivity index (χ0) is 10.1. The van der Waals surface area contributed by atoms with E-state index in [1.807, 2.05) is 7.05 Å². The zero-order valence-electron chi connectivity index (χ0n) is 7.81. The summed E-state index contributed by atoms with van der Waals surface area (Å²) in [5, 5.41) is 0.582. The summed E-state index contributed by atoms with van der Waals surface area (Å²) < 4.78 is 7.26. The molecule has 0 saturated carbocycles. The standard InChI is InChI=1S/C9H11ClN2O2/c1-12-8(10)4-11-9(12)7-3-2-6(5-13)14-7/h4-7H,2-3H2,1H3. The number of nitrogens with zero attached hydrogens (tertiary/aromatic N) is 2. The average molecular weight is 215 g/mol. The van der Waals surface area contributed by atoms with E-state index in [0.29, 0.717) is 5.15 Å². The van der Waals surface area contributed by atoms with Gasteiger partial charge in [0, 0.05) is 7.05 Å². The molecule has 2 heterocycles. The van der Waals surface area contributed by atoms with Crippen LogP contribution in [0.25, 0.3) is 0 Å². The lowest BCUT2D eigenvalue weighted by molar-refractivity contribution is -0.117. The number of imidazole rings is 1. The monoisotopic (exact) mass is 214 g/mol. The van der Waals surface area contributed by atoms with Gasteiger partial charge in [-0.3, -0.25) is 0 Å². The number of halogens is 1. The highest BCUT2D eigenvalue weighted by Crippen LogP contribution is 2.31. The smallest absolute Gasteiger partial charge is 0.148 e. The Morgan fingerprint density at radius 3 is 3.00 bits per heavy atom. The van der Waals surface area contributed by atoms with Gasteiger partial charge in [-0.25, -0.2) is 4.98 Å². The number of aldehydes is 1. The molecule has 0 radical (unpaired) electrons. The Morgan fingerprint density at radius 2 is 2.50 bits per heavy atom. The number of ether oxygens (including phenoxy) is 1. The highest BCUT2D eigenvalue weighted by atomic mass is 35.5. The van der Waals surface area contributed by atoms with Crippen LogP contribution in [-0.4, -0.2) is 21.9 Å². The van der Waals surface area contributed by atoms with Crippen LogP contribution in [0.3, 0.4) is 0 Å². The van der Waals surface area contributed by atoms with E-state index >= 15 is 0 Å². The van der Waals surface area contributed by atoms with E-state index in [4.69, 9.17) is 16.3 Å². The second kappa shape index (κ2) is 3.71. The van der Waals surface area contributed by atoms with Crippen LogP contribution >= 0.6 is 11.6 Å². The molecule has 76 valence electrons. The first-order valence-corrected chi connectivity index (χ1v) is 4.88. The molecule has 1 aliphatic heterocycles. The molecule has 0 amide bonds. The van der Waals surface area contributed by atoms with Crippen LogP contribution < -0.4 is 0 Å². The Bertz CT molecular complexity index is 351. The summed E-state index contributed by atoms with van der Waals surface area (Å²) in [6, 6.07) is 0. The van der Waals surface area contributed by atoms with E-state index < -0.39 is 0 Å². The average Bonchev–Trinajstić information content (AvgIpc) is 2.75. The Morgan fingerprint density at radius 1 is 1.71 bits per heavy atom. The number of aromatic nitrogens is 2. The van der Waals surface area contributed by atoms with Crippen LogP contribution in [0.4, 0.5) is 0 Å². The number of hydrogen-bond donors (Lipinski definition) is 0. The van der Waals surface area contributed by atoms with Gasteiger partial charge in [-0.15, -0.1) is 0 Å². The van der Waals surface area contributed by atoms with Crippen LogP contribution in [0.2, 0.25) is 5.15 Å². The first kappa shape index (κ1) is 9.68.